The molecule has 1 fully saturated rings. The molecule has 0 aromatic carbocycles. The van der Waals surface area contributed by atoms with E-state index in [1.165, 1.54) is 141 Å². The molecule has 1 saturated heterocycles. The molecule has 0 saturated carbocycles. The van der Waals surface area contributed by atoms with E-state index in [2.05, 4.69) is 50.3 Å². The van der Waals surface area contributed by atoms with Crippen LogP contribution in [0.1, 0.15) is 200 Å². The normalized spacial score (nSPS) is 17.0. The molecule has 0 aromatic rings. The number of rotatable bonds is 35. The van der Waals surface area contributed by atoms with Crippen molar-refractivity contribution in [3.8, 4) is 0 Å². The Labute approximate surface area is 293 Å². The van der Waals surface area contributed by atoms with Gasteiger partial charge in [-0.3, -0.25) is 0 Å². The van der Waals surface area contributed by atoms with Crippen molar-refractivity contribution in [1.29, 1.82) is 0 Å². The van der Waals surface area contributed by atoms with Crippen molar-refractivity contribution < 1.29 is 19.3 Å². The summed E-state index contributed by atoms with van der Waals surface area (Å²) >= 11 is 0. The van der Waals surface area contributed by atoms with Crippen molar-refractivity contribution in [1.82, 2.24) is 0 Å². The zero-order chi connectivity index (χ0) is 33.7. The van der Waals surface area contributed by atoms with E-state index in [-0.39, 0.29) is 12.4 Å². The smallest absolute Gasteiger partial charge is 0.157 e. The molecule has 276 valence electrons. The second-order valence-electron chi connectivity index (χ2n) is 14.1. The van der Waals surface area contributed by atoms with Gasteiger partial charge in [0.1, 0.15) is 0 Å². The molecule has 0 radical (unpaired) electrons. The molecule has 1 N–H and O–H groups in total. The monoisotopic (exact) mass is 661 g/mol. The first kappa shape index (κ1) is 44.1. The quantitative estimate of drug-likeness (QED) is 0.0543. The number of allylic oxidation sites excluding steroid dienone is 5. The first-order valence-corrected chi connectivity index (χ1v) is 20.7. The van der Waals surface area contributed by atoms with Crippen molar-refractivity contribution in [3.63, 3.8) is 0 Å². The Morgan fingerprint density at radius 3 is 1.83 bits per heavy atom. The Balaban J connectivity index is 1.86. The van der Waals surface area contributed by atoms with E-state index < -0.39 is 0 Å². The summed E-state index contributed by atoms with van der Waals surface area (Å²) in [6.45, 7) is 6.68. The number of ether oxygens (including phenoxy) is 3. The zero-order valence-corrected chi connectivity index (χ0v) is 31.5. The summed E-state index contributed by atoms with van der Waals surface area (Å²) in [5.41, 5.74) is 0. The maximum atomic E-state index is 10.2. The molecule has 1 rings (SSSR count). The third-order valence-corrected chi connectivity index (χ3v) is 9.39. The number of aliphatic hydroxyl groups is 1. The van der Waals surface area contributed by atoms with Gasteiger partial charge in [0.15, 0.2) is 6.29 Å². The summed E-state index contributed by atoms with van der Waals surface area (Å²) in [6.07, 6.45) is 49.6. The molecule has 1 aliphatic heterocycles. The van der Waals surface area contributed by atoms with Crippen LogP contribution in [0.5, 0.6) is 0 Å². The predicted octanol–water partition coefficient (Wildman–Crippen LogP) is 13.1. The summed E-state index contributed by atoms with van der Waals surface area (Å²) in [5.74, 6) is 0. The Morgan fingerprint density at radius 2 is 1.17 bits per heavy atom. The van der Waals surface area contributed by atoms with Crippen molar-refractivity contribution in [2.75, 3.05) is 19.8 Å². The fraction of sp³-hybridized carbons (Fsp3) is 0.860. The molecular formula is C43H80O4. The van der Waals surface area contributed by atoms with Crippen molar-refractivity contribution in [2.45, 2.75) is 219 Å². The van der Waals surface area contributed by atoms with Crippen LogP contribution >= 0.6 is 0 Å². The SMILES string of the molecule is CCCCC/C=C\C/C=C\CCCCCCCCC(O)COCCCCCCCC/C=C\C[C@@H](CCCCCC)OC1CCCCO1. The first-order valence-electron chi connectivity index (χ1n) is 20.7. The van der Waals surface area contributed by atoms with Gasteiger partial charge < -0.3 is 19.3 Å². The van der Waals surface area contributed by atoms with Crippen LogP contribution in [0.2, 0.25) is 0 Å². The van der Waals surface area contributed by atoms with E-state index >= 15 is 0 Å². The third-order valence-electron chi connectivity index (χ3n) is 9.39. The van der Waals surface area contributed by atoms with E-state index in [1.54, 1.807) is 0 Å². The minimum absolute atomic E-state index is 0.0227. The molecule has 0 bridgehead atoms. The van der Waals surface area contributed by atoms with Crippen LogP contribution in [0.15, 0.2) is 36.5 Å². The summed E-state index contributed by atoms with van der Waals surface area (Å²) in [4.78, 5) is 0. The van der Waals surface area contributed by atoms with Crippen LogP contribution in [0, 0.1) is 0 Å². The molecule has 0 aliphatic carbocycles. The molecule has 1 aliphatic rings. The number of unbranched alkanes of at least 4 members (excludes halogenated alkanes) is 18. The van der Waals surface area contributed by atoms with Gasteiger partial charge in [0.2, 0.25) is 0 Å². The Morgan fingerprint density at radius 1 is 0.617 bits per heavy atom. The van der Waals surface area contributed by atoms with E-state index in [9.17, 15) is 5.11 Å². The van der Waals surface area contributed by atoms with Gasteiger partial charge in [0, 0.05) is 13.2 Å². The van der Waals surface area contributed by atoms with Gasteiger partial charge >= 0.3 is 0 Å². The van der Waals surface area contributed by atoms with E-state index in [0.717, 1.165) is 58.2 Å². The Bertz CT molecular complexity index is 696. The lowest BCUT2D eigenvalue weighted by Crippen LogP contribution is -2.27. The van der Waals surface area contributed by atoms with Crippen LogP contribution < -0.4 is 0 Å². The average molecular weight is 661 g/mol. The van der Waals surface area contributed by atoms with E-state index in [0.29, 0.717) is 12.7 Å². The van der Waals surface area contributed by atoms with Crippen molar-refractivity contribution in [2.24, 2.45) is 0 Å². The molecule has 4 heteroatoms. The highest BCUT2D eigenvalue weighted by Gasteiger charge is 2.19. The number of hydrogen-bond donors (Lipinski definition) is 1. The molecule has 0 aromatic heterocycles. The Hall–Kier alpha value is -0.940. The van der Waals surface area contributed by atoms with Crippen molar-refractivity contribution in [3.05, 3.63) is 36.5 Å². The highest BCUT2D eigenvalue weighted by atomic mass is 16.7. The maximum Gasteiger partial charge on any atom is 0.157 e. The third kappa shape index (κ3) is 32.0. The molecule has 0 amide bonds. The molecule has 0 spiro atoms. The number of aliphatic hydroxyl groups excluding tert-OH is 1. The summed E-state index contributed by atoms with van der Waals surface area (Å²) in [5, 5.41) is 10.2. The predicted molar refractivity (Wildman–Crippen MR) is 204 cm³/mol. The fourth-order valence-electron chi connectivity index (χ4n) is 6.28. The maximum absolute atomic E-state index is 10.2. The number of hydrogen-bond acceptors (Lipinski definition) is 4. The lowest BCUT2D eigenvalue weighted by atomic mass is 10.1. The van der Waals surface area contributed by atoms with Gasteiger partial charge in [-0.05, 0) is 89.9 Å². The molecule has 1 heterocycles. The van der Waals surface area contributed by atoms with Gasteiger partial charge in [-0.1, -0.05) is 147 Å². The van der Waals surface area contributed by atoms with Crippen LogP contribution in [0.4, 0.5) is 0 Å². The zero-order valence-electron chi connectivity index (χ0n) is 31.5. The van der Waals surface area contributed by atoms with Crippen LogP contribution in [-0.4, -0.2) is 43.4 Å². The minimum Gasteiger partial charge on any atom is -0.391 e. The minimum atomic E-state index is -0.294. The lowest BCUT2D eigenvalue weighted by Gasteiger charge is -2.27. The second kappa shape index (κ2) is 36.3. The standard InChI is InChI=1S/C43H80O4/c1-3-5-7-9-10-11-12-13-14-15-16-17-19-22-25-28-34-41(44)40-45-38-32-27-24-21-18-20-23-26-30-36-42(35-29-8-6-4-2)47-43-37-31-33-39-46-43/h10-11,13-14,26,30,41-44H,3-9,12,15-25,27-29,31-40H2,1-2H3/b11-10-,14-13-,30-26-/t41?,42-,43?/m1/s1. The van der Waals surface area contributed by atoms with Gasteiger partial charge in [0.05, 0.1) is 18.8 Å². The van der Waals surface area contributed by atoms with Crippen molar-refractivity contribution >= 4 is 0 Å². The highest BCUT2D eigenvalue weighted by molar-refractivity contribution is 4.92. The summed E-state index contributed by atoms with van der Waals surface area (Å²) < 4.78 is 17.9. The van der Waals surface area contributed by atoms with Gasteiger partial charge in [-0.15, -0.1) is 0 Å². The molecule has 4 nitrogen and oxygen atoms in total. The fourth-order valence-corrected chi connectivity index (χ4v) is 6.28. The molecule has 2 unspecified atom stereocenters. The van der Waals surface area contributed by atoms with Gasteiger partial charge in [0.25, 0.3) is 0 Å². The Kier molecular flexibility index (Phi) is 34.1. The highest BCUT2D eigenvalue weighted by Crippen LogP contribution is 2.20. The van der Waals surface area contributed by atoms with E-state index in [4.69, 9.17) is 14.2 Å². The topological polar surface area (TPSA) is 47.9 Å². The van der Waals surface area contributed by atoms with Crippen LogP contribution in [0.3, 0.4) is 0 Å². The van der Waals surface area contributed by atoms with Gasteiger partial charge in [-0.25, -0.2) is 0 Å². The van der Waals surface area contributed by atoms with Crippen LogP contribution in [0.25, 0.3) is 0 Å². The molecule has 3 atom stereocenters. The van der Waals surface area contributed by atoms with E-state index in [1.807, 2.05) is 0 Å². The average Bonchev–Trinajstić information content (AvgIpc) is 3.08. The lowest BCUT2D eigenvalue weighted by molar-refractivity contribution is -0.188. The second-order valence-corrected chi connectivity index (χ2v) is 14.1. The summed E-state index contributed by atoms with van der Waals surface area (Å²) in [7, 11) is 0. The molecular weight excluding hydrogens is 580 g/mol. The summed E-state index contributed by atoms with van der Waals surface area (Å²) in [6, 6.07) is 0. The van der Waals surface area contributed by atoms with Crippen LogP contribution in [-0.2, 0) is 14.2 Å². The first-order chi connectivity index (χ1) is 23.3. The van der Waals surface area contributed by atoms with Gasteiger partial charge in [-0.2, -0.15) is 0 Å². The largest absolute Gasteiger partial charge is 0.391 e. The molecule has 47 heavy (non-hydrogen) atoms.